The van der Waals surface area contributed by atoms with E-state index >= 15 is 0 Å². The van der Waals surface area contributed by atoms with Crippen molar-refractivity contribution in [1.82, 2.24) is 5.32 Å². The molecular weight excluding hydrogens is 318 g/mol. The van der Waals surface area contributed by atoms with Crippen LogP contribution in [-0.2, 0) is 0 Å². The molecule has 3 rings (SSSR count). The molecule has 26 heavy (non-hydrogen) atoms. The lowest BCUT2D eigenvalue weighted by Gasteiger charge is -2.28. The van der Waals surface area contributed by atoms with Gasteiger partial charge in [-0.1, -0.05) is 65.7 Å². The number of aryl methyl sites for hydroxylation is 2. The van der Waals surface area contributed by atoms with E-state index in [4.69, 9.17) is 5.41 Å². The van der Waals surface area contributed by atoms with Crippen LogP contribution in [0.2, 0.25) is 0 Å². The standard InChI is InChI=1S/C23H25N3/c1-17-9-13-21(14-10-17)26(22-15-11-18(2)12-16-22)23(24)25-19(3)20-7-5-4-6-8-20/h4-16,19H,1-3H3,(H2,24,25)/t19-/m0/s1. The van der Waals surface area contributed by atoms with Gasteiger partial charge in [0.2, 0.25) is 5.96 Å². The smallest absolute Gasteiger partial charge is 0.200 e. The van der Waals surface area contributed by atoms with Gasteiger partial charge in [0.15, 0.2) is 0 Å². The average molecular weight is 343 g/mol. The minimum Gasteiger partial charge on any atom is -0.349 e. The highest BCUT2D eigenvalue weighted by Crippen LogP contribution is 2.26. The maximum atomic E-state index is 8.72. The Bertz CT molecular complexity index is 807. The highest BCUT2D eigenvalue weighted by atomic mass is 15.3. The summed E-state index contributed by atoms with van der Waals surface area (Å²) in [5.74, 6) is 0.356. The van der Waals surface area contributed by atoms with E-state index in [0.29, 0.717) is 5.96 Å². The molecule has 3 nitrogen and oxygen atoms in total. The lowest BCUT2D eigenvalue weighted by molar-refractivity contribution is 0.706. The summed E-state index contributed by atoms with van der Waals surface area (Å²) in [5, 5.41) is 12.1. The van der Waals surface area contributed by atoms with E-state index in [2.05, 4.69) is 86.8 Å². The molecule has 0 radical (unpaired) electrons. The Morgan fingerprint density at radius 2 is 1.23 bits per heavy atom. The molecule has 3 aromatic rings. The van der Waals surface area contributed by atoms with Crippen molar-refractivity contribution < 1.29 is 0 Å². The van der Waals surface area contributed by atoms with Crippen LogP contribution in [0, 0.1) is 19.3 Å². The molecule has 0 aliphatic carbocycles. The van der Waals surface area contributed by atoms with Crippen LogP contribution < -0.4 is 10.2 Å². The van der Waals surface area contributed by atoms with Gasteiger partial charge in [-0.3, -0.25) is 10.3 Å². The van der Waals surface area contributed by atoms with E-state index < -0.39 is 0 Å². The zero-order chi connectivity index (χ0) is 18.5. The molecule has 3 heteroatoms. The van der Waals surface area contributed by atoms with Crippen LogP contribution in [0.1, 0.15) is 29.7 Å². The summed E-state index contributed by atoms with van der Waals surface area (Å²) in [5.41, 5.74) is 5.50. The van der Waals surface area contributed by atoms with Gasteiger partial charge in [-0.2, -0.15) is 0 Å². The van der Waals surface area contributed by atoms with Crippen molar-refractivity contribution in [2.24, 2.45) is 0 Å². The summed E-state index contributed by atoms with van der Waals surface area (Å²) in [4.78, 5) is 1.94. The first kappa shape index (κ1) is 17.7. The summed E-state index contributed by atoms with van der Waals surface area (Å²) < 4.78 is 0. The Hall–Kier alpha value is -3.07. The average Bonchev–Trinajstić information content (AvgIpc) is 2.66. The third kappa shape index (κ3) is 4.12. The van der Waals surface area contributed by atoms with Crippen molar-refractivity contribution in [3.8, 4) is 0 Å². The Labute approximate surface area is 155 Å². The molecule has 0 saturated carbocycles. The van der Waals surface area contributed by atoms with Crippen molar-refractivity contribution in [1.29, 1.82) is 5.41 Å². The first-order valence-electron chi connectivity index (χ1n) is 8.88. The molecule has 0 bridgehead atoms. The van der Waals surface area contributed by atoms with Gasteiger partial charge < -0.3 is 5.32 Å². The zero-order valence-electron chi connectivity index (χ0n) is 15.5. The Balaban J connectivity index is 1.90. The molecule has 0 aromatic heterocycles. The molecule has 0 amide bonds. The molecule has 0 spiro atoms. The molecule has 132 valence electrons. The molecule has 0 aliphatic rings. The first-order chi connectivity index (χ1) is 12.5. The number of anilines is 2. The fourth-order valence-electron chi connectivity index (χ4n) is 2.89. The second-order valence-corrected chi connectivity index (χ2v) is 6.63. The SMILES string of the molecule is Cc1ccc(N(C(=N)N[C@@H](C)c2ccccc2)c2ccc(C)cc2)cc1. The van der Waals surface area contributed by atoms with E-state index in [-0.39, 0.29) is 6.04 Å². The second kappa shape index (κ2) is 7.87. The molecule has 0 saturated heterocycles. The zero-order valence-corrected chi connectivity index (χ0v) is 15.5. The van der Waals surface area contributed by atoms with Gasteiger partial charge in [-0.15, -0.1) is 0 Å². The third-order valence-electron chi connectivity index (χ3n) is 4.46. The topological polar surface area (TPSA) is 39.1 Å². The van der Waals surface area contributed by atoms with Gasteiger partial charge in [0.25, 0.3) is 0 Å². The Morgan fingerprint density at radius 3 is 1.69 bits per heavy atom. The number of hydrogen-bond acceptors (Lipinski definition) is 1. The van der Waals surface area contributed by atoms with Crippen molar-refractivity contribution in [3.63, 3.8) is 0 Å². The maximum absolute atomic E-state index is 8.72. The van der Waals surface area contributed by atoms with Crippen molar-refractivity contribution in [3.05, 3.63) is 95.6 Å². The molecule has 0 unspecified atom stereocenters. The van der Waals surface area contributed by atoms with Gasteiger partial charge in [0.05, 0.1) is 6.04 Å². The predicted octanol–water partition coefficient (Wildman–Crippen LogP) is 5.73. The van der Waals surface area contributed by atoms with Gasteiger partial charge >= 0.3 is 0 Å². The van der Waals surface area contributed by atoms with Gasteiger partial charge in [0.1, 0.15) is 0 Å². The molecule has 3 aromatic carbocycles. The van der Waals surface area contributed by atoms with Crippen LogP contribution >= 0.6 is 0 Å². The molecule has 1 atom stereocenters. The van der Waals surface area contributed by atoms with Gasteiger partial charge in [-0.05, 0) is 50.6 Å². The number of benzene rings is 3. The normalized spacial score (nSPS) is 11.7. The lowest BCUT2D eigenvalue weighted by Crippen LogP contribution is -2.39. The van der Waals surface area contributed by atoms with E-state index in [0.717, 1.165) is 16.9 Å². The summed E-state index contributed by atoms with van der Waals surface area (Å²) in [7, 11) is 0. The Morgan fingerprint density at radius 1 is 0.769 bits per heavy atom. The van der Waals surface area contributed by atoms with Crippen LogP contribution in [0.15, 0.2) is 78.9 Å². The highest BCUT2D eigenvalue weighted by molar-refractivity contribution is 6.01. The van der Waals surface area contributed by atoms with Crippen molar-refractivity contribution in [2.45, 2.75) is 26.8 Å². The molecule has 0 heterocycles. The molecule has 0 aliphatic heterocycles. The summed E-state index contributed by atoms with van der Waals surface area (Å²) in [6.07, 6.45) is 0. The molecular formula is C23H25N3. The second-order valence-electron chi connectivity index (χ2n) is 6.63. The summed E-state index contributed by atoms with van der Waals surface area (Å²) in [6.45, 7) is 6.22. The lowest BCUT2D eigenvalue weighted by atomic mass is 10.1. The van der Waals surface area contributed by atoms with Crippen LogP contribution in [0.3, 0.4) is 0 Å². The third-order valence-corrected chi connectivity index (χ3v) is 4.46. The van der Waals surface area contributed by atoms with E-state index in [1.54, 1.807) is 0 Å². The largest absolute Gasteiger partial charge is 0.349 e. The quantitative estimate of drug-likeness (QED) is 0.469. The molecule has 2 N–H and O–H groups in total. The Kier molecular flexibility index (Phi) is 5.37. The number of rotatable bonds is 4. The highest BCUT2D eigenvalue weighted by Gasteiger charge is 2.17. The maximum Gasteiger partial charge on any atom is 0.200 e. The minimum absolute atomic E-state index is 0.0436. The van der Waals surface area contributed by atoms with Crippen LogP contribution in [0.25, 0.3) is 0 Å². The van der Waals surface area contributed by atoms with E-state index in [1.807, 2.05) is 23.1 Å². The van der Waals surface area contributed by atoms with Crippen LogP contribution in [0.5, 0.6) is 0 Å². The van der Waals surface area contributed by atoms with Crippen molar-refractivity contribution >= 4 is 17.3 Å². The summed E-state index contributed by atoms with van der Waals surface area (Å²) in [6, 6.07) is 26.8. The van der Waals surface area contributed by atoms with Crippen molar-refractivity contribution in [2.75, 3.05) is 4.90 Å². The minimum atomic E-state index is 0.0436. The number of guanidine groups is 1. The monoisotopic (exact) mass is 343 g/mol. The fraction of sp³-hybridized carbons (Fsp3) is 0.174. The fourth-order valence-corrected chi connectivity index (χ4v) is 2.89. The predicted molar refractivity (Wildman–Crippen MR) is 110 cm³/mol. The number of hydrogen-bond donors (Lipinski definition) is 2. The number of nitrogens with one attached hydrogen (secondary N) is 2. The first-order valence-corrected chi connectivity index (χ1v) is 8.88. The molecule has 0 fully saturated rings. The van der Waals surface area contributed by atoms with E-state index in [9.17, 15) is 0 Å². The number of nitrogens with zero attached hydrogens (tertiary/aromatic N) is 1. The van der Waals surface area contributed by atoms with Crippen LogP contribution in [-0.4, -0.2) is 5.96 Å². The van der Waals surface area contributed by atoms with Gasteiger partial charge in [0, 0.05) is 11.4 Å². The van der Waals surface area contributed by atoms with Gasteiger partial charge in [-0.25, -0.2) is 0 Å². The van der Waals surface area contributed by atoms with Crippen LogP contribution in [0.4, 0.5) is 11.4 Å². The van der Waals surface area contributed by atoms with E-state index in [1.165, 1.54) is 11.1 Å². The summed E-state index contributed by atoms with van der Waals surface area (Å²) >= 11 is 0.